The summed E-state index contributed by atoms with van der Waals surface area (Å²) in [6.45, 7) is 1.82. The van der Waals surface area contributed by atoms with Crippen molar-refractivity contribution >= 4 is 29.2 Å². The first-order valence-electron chi connectivity index (χ1n) is 2.97. The average molecular weight is 183 g/mol. The van der Waals surface area contributed by atoms with E-state index in [2.05, 4.69) is 4.74 Å². The predicted octanol–water partition coefficient (Wildman–Crippen LogP) is 1.60. The van der Waals surface area contributed by atoms with Crippen LogP contribution < -0.4 is 0 Å². The molecule has 1 fully saturated rings. The van der Waals surface area contributed by atoms with E-state index in [0.29, 0.717) is 0 Å². The Hall–Kier alpha value is 0.0500. The zero-order valence-electron chi connectivity index (χ0n) is 5.73. The second kappa shape index (κ2) is 2.28. The molecule has 0 aromatic heterocycles. The predicted molar refractivity (Wildman–Crippen MR) is 39.1 cm³/mol. The average Bonchev–Trinajstić information content (AvgIpc) is 2.33. The van der Waals surface area contributed by atoms with Crippen molar-refractivity contribution < 1.29 is 9.53 Å². The summed E-state index contributed by atoms with van der Waals surface area (Å²) in [6.07, 6.45) is 0. The van der Waals surface area contributed by atoms with Crippen LogP contribution in [0.15, 0.2) is 0 Å². The molecule has 1 aliphatic rings. The van der Waals surface area contributed by atoms with Gasteiger partial charge in [0.25, 0.3) is 0 Å². The fourth-order valence-electron chi connectivity index (χ4n) is 0.968. The number of carbonyl (C=O) groups excluding carboxylic acids is 1. The van der Waals surface area contributed by atoms with Gasteiger partial charge < -0.3 is 4.74 Å². The number of hydrogen-bond acceptors (Lipinski definition) is 2. The van der Waals surface area contributed by atoms with Gasteiger partial charge in [-0.05, 0) is 0 Å². The molecular weight excluding hydrogens is 175 g/mol. The molecule has 0 bridgehead atoms. The summed E-state index contributed by atoms with van der Waals surface area (Å²) < 4.78 is 3.59. The summed E-state index contributed by atoms with van der Waals surface area (Å²) in [5.74, 6) is -0.637. The minimum Gasteiger partial charge on any atom is -0.469 e. The molecule has 0 N–H and O–H groups in total. The molecule has 0 unspecified atom stereocenters. The maximum Gasteiger partial charge on any atom is 0.312 e. The fraction of sp³-hybridized carbons (Fsp3) is 0.833. The van der Waals surface area contributed by atoms with E-state index in [1.807, 2.05) is 6.92 Å². The summed E-state index contributed by atoms with van der Waals surface area (Å²) in [4.78, 5) is 10.8. The van der Waals surface area contributed by atoms with Gasteiger partial charge in [0.2, 0.25) is 0 Å². The molecule has 2 nitrogen and oxygen atoms in total. The summed E-state index contributed by atoms with van der Waals surface area (Å²) in [5, 5.41) is 0. The van der Waals surface area contributed by atoms with Crippen LogP contribution in [0, 0.1) is 11.8 Å². The fourth-order valence-corrected chi connectivity index (χ4v) is 1.65. The monoisotopic (exact) mass is 182 g/mol. The second-order valence-electron chi connectivity index (χ2n) is 2.46. The van der Waals surface area contributed by atoms with E-state index < -0.39 is 4.33 Å². The first-order chi connectivity index (χ1) is 4.51. The highest BCUT2D eigenvalue weighted by Gasteiger charge is 2.65. The summed E-state index contributed by atoms with van der Waals surface area (Å²) in [7, 11) is 1.33. The van der Waals surface area contributed by atoms with Crippen LogP contribution in [0.5, 0.6) is 0 Å². The lowest BCUT2D eigenvalue weighted by atomic mass is 10.3. The topological polar surface area (TPSA) is 26.3 Å². The number of hydrogen-bond donors (Lipinski definition) is 0. The molecule has 0 amide bonds. The first-order valence-corrected chi connectivity index (χ1v) is 3.73. The molecule has 4 heteroatoms. The third-order valence-electron chi connectivity index (χ3n) is 1.87. The Morgan fingerprint density at radius 2 is 2.00 bits per heavy atom. The van der Waals surface area contributed by atoms with Crippen molar-refractivity contribution in [2.45, 2.75) is 11.3 Å². The SMILES string of the molecule is COC(=O)[C@@H]1[C@@H](C)C1(Cl)Cl. The molecule has 10 heavy (non-hydrogen) atoms. The number of carbonyl (C=O) groups is 1. The highest BCUT2D eigenvalue weighted by molar-refractivity contribution is 6.52. The highest BCUT2D eigenvalue weighted by Crippen LogP contribution is 2.59. The van der Waals surface area contributed by atoms with Crippen LogP contribution >= 0.6 is 23.2 Å². The normalized spacial score (nSPS) is 35.2. The molecule has 0 saturated heterocycles. The maximum atomic E-state index is 10.8. The lowest BCUT2D eigenvalue weighted by Gasteiger charge is -1.95. The van der Waals surface area contributed by atoms with Gasteiger partial charge in [0.1, 0.15) is 4.33 Å². The van der Waals surface area contributed by atoms with Crippen molar-refractivity contribution in [2.24, 2.45) is 11.8 Å². The van der Waals surface area contributed by atoms with Crippen LogP contribution in [0.4, 0.5) is 0 Å². The van der Waals surface area contributed by atoms with Crippen molar-refractivity contribution in [3.05, 3.63) is 0 Å². The Bertz CT molecular complexity index is 167. The first kappa shape index (κ1) is 8.15. The lowest BCUT2D eigenvalue weighted by molar-refractivity contribution is -0.142. The number of esters is 1. The molecule has 0 aromatic carbocycles. The van der Waals surface area contributed by atoms with Gasteiger partial charge in [0.15, 0.2) is 0 Å². The van der Waals surface area contributed by atoms with Crippen molar-refractivity contribution in [1.29, 1.82) is 0 Å². The third-order valence-corrected chi connectivity index (χ3v) is 3.03. The number of halogens is 2. The molecule has 0 heterocycles. The van der Waals surface area contributed by atoms with Crippen LogP contribution in [0.25, 0.3) is 0 Å². The smallest absolute Gasteiger partial charge is 0.312 e. The van der Waals surface area contributed by atoms with Crippen LogP contribution in [0.2, 0.25) is 0 Å². The molecule has 0 aromatic rings. The van der Waals surface area contributed by atoms with Gasteiger partial charge in [-0.1, -0.05) is 6.92 Å². The maximum absolute atomic E-state index is 10.8. The van der Waals surface area contributed by atoms with E-state index in [1.165, 1.54) is 7.11 Å². The van der Waals surface area contributed by atoms with E-state index in [0.717, 1.165) is 0 Å². The Morgan fingerprint density at radius 3 is 2.10 bits per heavy atom. The van der Waals surface area contributed by atoms with Crippen LogP contribution in [-0.4, -0.2) is 17.4 Å². The van der Waals surface area contributed by atoms with E-state index in [9.17, 15) is 4.79 Å². The van der Waals surface area contributed by atoms with E-state index in [-0.39, 0.29) is 17.8 Å². The molecule has 0 radical (unpaired) electrons. The number of ether oxygens (including phenoxy) is 1. The number of methoxy groups -OCH3 is 1. The van der Waals surface area contributed by atoms with Crippen LogP contribution in [-0.2, 0) is 9.53 Å². The van der Waals surface area contributed by atoms with Crippen molar-refractivity contribution in [3.63, 3.8) is 0 Å². The zero-order valence-corrected chi connectivity index (χ0v) is 7.24. The van der Waals surface area contributed by atoms with Gasteiger partial charge >= 0.3 is 5.97 Å². The Morgan fingerprint density at radius 1 is 1.60 bits per heavy atom. The largest absolute Gasteiger partial charge is 0.469 e. The third kappa shape index (κ3) is 0.995. The highest BCUT2D eigenvalue weighted by atomic mass is 35.5. The van der Waals surface area contributed by atoms with E-state index >= 15 is 0 Å². The molecule has 1 rings (SSSR count). The van der Waals surface area contributed by atoms with Gasteiger partial charge in [0, 0.05) is 5.92 Å². The molecule has 1 aliphatic carbocycles. The van der Waals surface area contributed by atoms with Gasteiger partial charge in [-0.3, -0.25) is 4.79 Å². The molecule has 58 valence electrons. The van der Waals surface area contributed by atoms with Crippen molar-refractivity contribution in [1.82, 2.24) is 0 Å². The molecular formula is C6H8Cl2O2. The standard InChI is InChI=1S/C6H8Cl2O2/c1-3-4(5(9)10-2)6(3,7)8/h3-4H,1-2H3/t3-,4+/m1/s1. The van der Waals surface area contributed by atoms with Gasteiger partial charge in [-0.25, -0.2) is 0 Å². The summed E-state index contributed by atoms with van der Waals surface area (Å²) >= 11 is 11.4. The van der Waals surface area contributed by atoms with Crippen molar-refractivity contribution in [3.8, 4) is 0 Å². The summed E-state index contributed by atoms with van der Waals surface area (Å²) in [6, 6.07) is 0. The number of alkyl halides is 2. The Labute approximate surface area is 69.4 Å². The molecule has 2 atom stereocenters. The van der Waals surface area contributed by atoms with Gasteiger partial charge in [-0.2, -0.15) is 0 Å². The van der Waals surface area contributed by atoms with E-state index in [1.54, 1.807) is 0 Å². The quantitative estimate of drug-likeness (QED) is 0.455. The second-order valence-corrected chi connectivity index (χ2v) is 3.91. The Kier molecular flexibility index (Phi) is 1.86. The summed E-state index contributed by atoms with van der Waals surface area (Å²) in [5.41, 5.74) is 0. The molecule has 0 spiro atoms. The minimum absolute atomic E-state index is 0.0169. The lowest BCUT2D eigenvalue weighted by Crippen LogP contribution is -2.07. The molecule has 1 saturated carbocycles. The van der Waals surface area contributed by atoms with E-state index in [4.69, 9.17) is 23.2 Å². The minimum atomic E-state index is -0.882. The zero-order chi connectivity index (χ0) is 7.94. The van der Waals surface area contributed by atoms with Crippen molar-refractivity contribution in [2.75, 3.05) is 7.11 Å². The van der Waals surface area contributed by atoms with Gasteiger partial charge in [-0.15, -0.1) is 23.2 Å². The Balaban J connectivity index is 2.57. The molecule has 0 aliphatic heterocycles. The van der Waals surface area contributed by atoms with Crippen LogP contribution in [0.3, 0.4) is 0 Å². The van der Waals surface area contributed by atoms with Crippen LogP contribution in [0.1, 0.15) is 6.92 Å². The van der Waals surface area contributed by atoms with Gasteiger partial charge in [0.05, 0.1) is 13.0 Å². The number of rotatable bonds is 1.